The molecule has 3 aromatic rings. The van der Waals surface area contributed by atoms with E-state index >= 15 is 0 Å². The first-order valence-corrected chi connectivity index (χ1v) is 13.6. The zero-order valence-corrected chi connectivity index (χ0v) is 20.8. The number of rotatable bonds is 7. The fourth-order valence-electron chi connectivity index (χ4n) is 4.24. The molecule has 0 radical (unpaired) electrons. The molecule has 7 nitrogen and oxygen atoms in total. The van der Waals surface area contributed by atoms with E-state index in [-0.39, 0.29) is 17.7 Å². The van der Waals surface area contributed by atoms with E-state index in [1.165, 1.54) is 6.26 Å². The van der Waals surface area contributed by atoms with Gasteiger partial charge in [0.1, 0.15) is 15.9 Å². The average molecular weight is 509 g/mol. The molecule has 1 amide bonds. The van der Waals surface area contributed by atoms with Gasteiger partial charge in [-0.25, -0.2) is 8.42 Å². The van der Waals surface area contributed by atoms with Crippen molar-refractivity contribution in [3.8, 4) is 6.07 Å². The Kier molecular flexibility index (Phi) is 7.51. The Morgan fingerprint density at radius 1 is 1.20 bits per heavy atom. The quantitative estimate of drug-likeness (QED) is 0.522. The van der Waals surface area contributed by atoms with Crippen molar-refractivity contribution in [2.45, 2.75) is 24.9 Å². The third-order valence-electron chi connectivity index (χ3n) is 6.01. The molecule has 0 spiro atoms. The number of anilines is 1. The average Bonchev–Trinajstić information content (AvgIpc) is 2.84. The third-order valence-corrected chi connectivity index (χ3v) is 7.22. The van der Waals surface area contributed by atoms with E-state index in [1.807, 2.05) is 24.3 Å². The molecule has 0 aliphatic carbocycles. The summed E-state index contributed by atoms with van der Waals surface area (Å²) >= 11 is 6.20. The lowest BCUT2D eigenvalue weighted by Crippen LogP contribution is -2.56. The SMILES string of the molecule is CS(=O)(=O)CC[C@H]1CN(c2cccc(Cl)c2)C(=O)C(c2ccncc2Cc2ccc(C#N)cc2)N1. The largest absolute Gasteiger partial charge is 0.309 e. The van der Waals surface area contributed by atoms with Gasteiger partial charge in [-0.05, 0) is 65.9 Å². The Labute approximate surface area is 210 Å². The summed E-state index contributed by atoms with van der Waals surface area (Å²) in [6.45, 7) is 0.335. The number of pyridine rings is 1. The van der Waals surface area contributed by atoms with Crippen molar-refractivity contribution in [1.29, 1.82) is 5.26 Å². The first kappa shape index (κ1) is 24.9. The molecule has 35 heavy (non-hydrogen) atoms. The summed E-state index contributed by atoms with van der Waals surface area (Å²) in [4.78, 5) is 19.7. The number of sulfone groups is 1. The Bertz CT molecular complexity index is 1370. The second-order valence-corrected chi connectivity index (χ2v) is 11.4. The van der Waals surface area contributed by atoms with Crippen molar-refractivity contribution < 1.29 is 13.2 Å². The van der Waals surface area contributed by atoms with Gasteiger partial charge in [0.05, 0.1) is 17.4 Å². The molecule has 1 aliphatic rings. The van der Waals surface area contributed by atoms with E-state index < -0.39 is 15.9 Å². The Morgan fingerprint density at radius 2 is 1.97 bits per heavy atom. The molecular formula is C26H25ClN4O3S. The monoisotopic (exact) mass is 508 g/mol. The number of nitrogens with zero attached hydrogens (tertiary/aromatic N) is 3. The molecule has 2 atom stereocenters. The number of carbonyl (C=O) groups is 1. The van der Waals surface area contributed by atoms with Gasteiger partial charge in [0.2, 0.25) is 5.91 Å². The standard InChI is InChI=1S/C26H25ClN4O3S/c1-35(33,34)12-10-22-17-31(23-4-2-3-21(27)14-23)26(32)25(30-22)24-9-11-29-16-20(24)13-18-5-7-19(15-28)8-6-18/h2-9,11,14,16,22,25,30H,10,12-13,17H2,1H3/t22-,25?/m0/s1. The van der Waals surface area contributed by atoms with Gasteiger partial charge < -0.3 is 4.90 Å². The van der Waals surface area contributed by atoms with Crippen molar-refractivity contribution in [1.82, 2.24) is 10.3 Å². The number of halogens is 1. The van der Waals surface area contributed by atoms with E-state index in [4.69, 9.17) is 16.9 Å². The van der Waals surface area contributed by atoms with Crippen molar-refractivity contribution in [2.24, 2.45) is 0 Å². The van der Waals surface area contributed by atoms with Crippen molar-refractivity contribution >= 4 is 33.0 Å². The van der Waals surface area contributed by atoms with Crippen LogP contribution in [-0.4, -0.2) is 43.9 Å². The fraction of sp³-hybridized carbons (Fsp3) is 0.269. The van der Waals surface area contributed by atoms with Gasteiger partial charge in [-0.2, -0.15) is 5.26 Å². The minimum Gasteiger partial charge on any atom is -0.309 e. The van der Waals surface area contributed by atoms with Crippen LogP contribution in [0.25, 0.3) is 0 Å². The van der Waals surface area contributed by atoms with Crippen LogP contribution in [0, 0.1) is 11.3 Å². The Morgan fingerprint density at radius 3 is 2.66 bits per heavy atom. The highest BCUT2D eigenvalue weighted by Crippen LogP contribution is 2.30. The summed E-state index contributed by atoms with van der Waals surface area (Å²) in [5, 5.41) is 13.0. The van der Waals surface area contributed by atoms with Crippen LogP contribution in [0.2, 0.25) is 5.02 Å². The predicted molar refractivity (Wildman–Crippen MR) is 136 cm³/mol. The molecule has 0 bridgehead atoms. The Hall–Kier alpha value is -3.25. The number of hydrogen-bond donors (Lipinski definition) is 1. The summed E-state index contributed by atoms with van der Waals surface area (Å²) < 4.78 is 23.7. The van der Waals surface area contributed by atoms with Crippen LogP contribution in [0.15, 0.2) is 67.0 Å². The van der Waals surface area contributed by atoms with Gasteiger partial charge in [0, 0.05) is 41.9 Å². The molecule has 1 aliphatic heterocycles. The molecule has 1 N–H and O–H groups in total. The summed E-state index contributed by atoms with van der Waals surface area (Å²) in [6, 6.07) is 17.4. The third kappa shape index (κ3) is 6.25. The van der Waals surface area contributed by atoms with Crippen LogP contribution in [-0.2, 0) is 21.1 Å². The Balaban J connectivity index is 1.68. The number of benzene rings is 2. The highest BCUT2D eigenvalue weighted by Gasteiger charge is 2.36. The molecular weight excluding hydrogens is 484 g/mol. The van der Waals surface area contributed by atoms with E-state index in [1.54, 1.807) is 47.6 Å². The molecule has 1 unspecified atom stereocenters. The minimum atomic E-state index is -3.16. The second-order valence-electron chi connectivity index (χ2n) is 8.70. The van der Waals surface area contributed by atoms with E-state index in [2.05, 4.69) is 16.4 Å². The summed E-state index contributed by atoms with van der Waals surface area (Å²) in [7, 11) is -3.16. The van der Waals surface area contributed by atoms with Crippen LogP contribution < -0.4 is 10.2 Å². The van der Waals surface area contributed by atoms with Crippen LogP contribution in [0.4, 0.5) is 5.69 Å². The fourth-order valence-corrected chi connectivity index (χ4v) is 5.14. The van der Waals surface area contributed by atoms with E-state index in [0.29, 0.717) is 35.7 Å². The van der Waals surface area contributed by atoms with Crippen LogP contribution in [0.3, 0.4) is 0 Å². The van der Waals surface area contributed by atoms with Gasteiger partial charge in [-0.3, -0.25) is 15.1 Å². The molecule has 180 valence electrons. The summed E-state index contributed by atoms with van der Waals surface area (Å²) in [5.74, 6) is -0.126. The highest BCUT2D eigenvalue weighted by molar-refractivity contribution is 7.90. The maximum atomic E-state index is 13.7. The lowest BCUT2D eigenvalue weighted by molar-refractivity contribution is -0.122. The first-order chi connectivity index (χ1) is 16.7. The van der Waals surface area contributed by atoms with E-state index in [0.717, 1.165) is 16.7 Å². The number of amides is 1. The molecule has 0 saturated carbocycles. The van der Waals surface area contributed by atoms with Crippen LogP contribution in [0.1, 0.15) is 34.7 Å². The van der Waals surface area contributed by atoms with Gasteiger partial charge in [-0.15, -0.1) is 0 Å². The number of piperazine rings is 1. The van der Waals surface area contributed by atoms with Crippen LogP contribution >= 0.6 is 11.6 Å². The summed E-state index contributed by atoms with van der Waals surface area (Å²) in [6.07, 6.45) is 5.51. The van der Waals surface area contributed by atoms with Crippen molar-refractivity contribution in [3.05, 3.63) is 94.3 Å². The molecule has 1 saturated heterocycles. The zero-order chi connectivity index (χ0) is 25.0. The molecule has 2 heterocycles. The lowest BCUT2D eigenvalue weighted by atomic mass is 9.93. The van der Waals surface area contributed by atoms with Crippen LogP contribution in [0.5, 0.6) is 0 Å². The number of hydrogen-bond acceptors (Lipinski definition) is 6. The van der Waals surface area contributed by atoms with Gasteiger partial charge in [0.25, 0.3) is 0 Å². The molecule has 9 heteroatoms. The lowest BCUT2D eigenvalue weighted by Gasteiger charge is -2.39. The predicted octanol–water partition coefficient (Wildman–Crippen LogP) is 3.68. The normalized spacial score (nSPS) is 18.3. The number of aromatic nitrogens is 1. The summed E-state index contributed by atoms with van der Waals surface area (Å²) in [5.41, 5.74) is 3.89. The number of carbonyl (C=O) groups excluding carboxylic acids is 1. The number of nitriles is 1. The first-order valence-electron chi connectivity index (χ1n) is 11.2. The molecule has 4 rings (SSSR count). The topological polar surface area (TPSA) is 103 Å². The molecule has 1 aromatic heterocycles. The van der Waals surface area contributed by atoms with Gasteiger partial charge in [-0.1, -0.05) is 29.8 Å². The second kappa shape index (κ2) is 10.6. The van der Waals surface area contributed by atoms with Crippen molar-refractivity contribution in [3.63, 3.8) is 0 Å². The van der Waals surface area contributed by atoms with Crippen molar-refractivity contribution in [2.75, 3.05) is 23.5 Å². The smallest absolute Gasteiger partial charge is 0.248 e. The van der Waals surface area contributed by atoms with E-state index in [9.17, 15) is 13.2 Å². The highest BCUT2D eigenvalue weighted by atomic mass is 35.5. The maximum Gasteiger partial charge on any atom is 0.248 e. The van der Waals surface area contributed by atoms with Gasteiger partial charge in [0.15, 0.2) is 0 Å². The molecule has 1 fully saturated rings. The zero-order valence-electron chi connectivity index (χ0n) is 19.2. The molecule has 2 aromatic carbocycles. The maximum absolute atomic E-state index is 13.7. The van der Waals surface area contributed by atoms with Gasteiger partial charge >= 0.3 is 0 Å². The minimum absolute atomic E-state index is 0.0173. The number of nitrogens with one attached hydrogen (secondary N) is 1.